The Kier molecular flexibility index (Phi) is 5.51. The van der Waals surface area contributed by atoms with Gasteiger partial charge in [0.1, 0.15) is 5.75 Å². The highest BCUT2D eigenvalue weighted by Crippen LogP contribution is 2.41. The first-order valence-electron chi connectivity index (χ1n) is 8.49. The van der Waals surface area contributed by atoms with Crippen LogP contribution in [0.25, 0.3) is 0 Å². The van der Waals surface area contributed by atoms with Crippen LogP contribution >= 0.6 is 0 Å². The maximum absolute atomic E-state index is 10.7. The Balaban J connectivity index is 2.34. The molecule has 0 saturated heterocycles. The minimum Gasteiger partial charge on any atom is -0.507 e. The minimum absolute atomic E-state index is 0.402. The molecule has 112 valence electrons. The SMILES string of the molecule is CCCCc1cc(C(C)C)c(O)c(C2CCCCC2)c1. The number of aromatic hydroxyl groups is 1. The molecule has 1 aromatic rings. The Bertz CT molecular complexity index is 428. The van der Waals surface area contributed by atoms with Gasteiger partial charge in [0.05, 0.1) is 0 Å². The predicted molar refractivity (Wildman–Crippen MR) is 86.6 cm³/mol. The topological polar surface area (TPSA) is 20.2 Å². The third-order valence-electron chi connectivity index (χ3n) is 4.71. The zero-order valence-corrected chi connectivity index (χ0v) is 13.4. The Morgan fingerprint density at radius 2 is 1.85 bits per heavy atom. The fourth-order valence-corrected chi connectivity index (χ4v) is 3.43. The summed E-state index contributed by atoms with van der Waals surface area (Å²) in [5.74, 6) is 1.58. The second-order valence-corrected chi connectivity index (χ2v) is 6.72. The molecule has 1 heteroatoms. The van der Waals surface area contributed by atoms with E-state index < -0.39 is 0 Å². The second-order valence-electron chi connectivity index (χ2n) is 6.72. The van der Waals surface area contributed by atoms with Gasteiger partial charge in [-0.05, 0) is 54.2 Å². The summed E-state index contributed by atoms with van der Waals surface area (Å²) < 4.78 is 0. The van der Waals surface area contributed by atoms with Crippen LogP contribution in [0.5, 0.6) is 5.75 Å². The van der Waals surface area contributed by atoms with Gasteiger partial charge in [-0.2, -0.15) is 0 Å². The molecule has 0 aromatic heterocycles. The van der Waals surface area contributed by atoms with Crippen molar-refractivity contribution in [3.63, 3.8) is 0 Å². The van der Waals surface area contributed by atoms with Crippen LogP contribution in [0.4, 0.5) is 0 Å². The number of phenolic OH excluding ortho intramolecular Hbond substituents is 1. The molecule has 1 fully saturated rings. The quantitative estimate of drug-likeness (QED) is 0.708. The summed E-state index contributed by atoms with van der Waals surface area (Å²) in [5.41, 5.74) is 3.81. The van der Waals surface area contributed by atoms with Gasteiger partial charge in [0.15, 0.2) is 0 Å². The van der Waals surface area contributed by atoms with E-state index in [2.05, 4.69) is 32.9 Å². The Morgan fingerprint density at radius 1 is 1.15 bits per heavy atom. The van der Waals surface area contributed by atoms with E-state index in [4.69, 9.17) is 0 Å². The molecule has 1 saturated carbocycles. The lowest BCUT2D eigenvalue weighted by atomic mass is 9.81. The lowest BCUT2D eigenvalue weighted by Crippen LogP contribution is -2.07. The standard InChI is InChI=1S/C19H30O/c1-4-5-9-15-12-17(14(2)3)19(20)18(13-15)16-10-7-6-8-11-16/h12-14,16,20H,4-11H2,1-3H3. The number of rotatable bonds is 5. The van der Waals surface area contributed by atoms with Crippen molar-refractivity contribution in [1.82, 2.24) is 0 Å². The van der Waals surface area contributed by atoms with E-state index in [0.717, 1.165) is 12.0 Å². The smallest absolute Gasteiger partial charge is 0.122 e. The van der Waals surface area contributed by atoms with Crippen molar-refractivity contribution in [2.24, 2.45) is 0 Å². The molecule has 0 atom stereocenters. The zero-order valence-electron chi connectivity index (χ0n) is 13.4. The van der Waals surface area contributed by atoms with Crippen molar-refractivity contribution in [2.75, 3.05) is 0 Å². The van der Waals surface area contributed by atoms with E-state index in [-0.39, 0.29) is 0 Å². The summed E-state index contributed by atoms with van der Waals surface area (Å²) in [6.07, 6.45) is 10.1. The highest BCUT2D eigenvalue weighted by Gasteiger charge is 2.21. The molecule has 1 aliphatic rings. The summed E-state index contributed by atoms with van der Waals surface area (Å²) in [5, 5.41) is 10.7. The maximum atomic E-state index is 10.7. The normalized spacial score (nSPS) is 16.8. The van der Waals surface area contributed by atoms with Crippen molar-refractivity contribution in [3.05, 3.63) is 28.8 Å². The van der Waals surface area contributed by atoms with E-state index in [1.807, 2.05) is 0 Å². The second kappa shape index (κ2) is 7.15. The molecule has 0 amide bonds. The first-order valence-corrected chi connectivity index (χ1v) is 8.49. The number of phenols is 1. The molecular weight excluding hydrogens is 244 g/mol. The monoisotopic (exact) mass is 274 g/mol. The summed E-state index contributed by atoms with van der Waals surface area (Å²) in [6, 6.07) is 4.54. The van der Waals surface area contributed by atoms with Gasteiger partial charge >= 0.3 is 0 Å². The number of aryl methyl sites for hydroxylation is 1. The van der Waals surface area contributed by atoms with Crippen molar-refractivity contribution in [2.45, 2.75) is 84.0 Å². The minimum atomic E-state index is 0.402. The van der Waals surface area contributed by atoms with Crippen LogP contribution < -0.4 is 0 Å². The molecule has 1 nitrogen and oxygen atoms in total. The molecular formula is C19H30O. The summed E-state index contributed by atoms with van der Waals surface area (Å²) in [7, 11) is 0. The Labute approximate surface area is 124 Å². The lowest BCUT2D eigenvalue weighted by molar-refractivity contribution is 0.409. The van der Waals surface area contributed by atoms with Gasteiger partial charge in [0, 0.05) is 0 Å². The fourth-order valence-electron chi connectivity index (χ4n) is 3.43. The summed E-state index contributed by atoms with van der Waals surface area (Å²) in [6.45, 7) is 6.61. The lowest BCUT2D eigenvalue weighted by Gasteiger charge is -2.25. The van der Waals surface area contributed by atoms with Crippen molar-refractivity contribution in [1.29, 1.82) is 0 Å². The average molecular weight is 274 g/mol. The van der Waals surface area contributed by atoms with Gasteiger partial charge in [-0.15, -0.1) is 0 Å². The van der Waals surface area contributed by atoms with Crippen LogP contribution in [0.15, 0.2) is 12.1 Å². The molecule has 0 unspecified atom stereocenters. The van der Waals surface area contributed by atoms with Crippen molar-refractivity contribution >= 4 is 0 Å². The van der Waals surface area contributed by atoms with Gasteiger partial charge in [-0.3, -0.25) is 0 Å². The first kappa shape index (κ1) is 15.4. The van der Waals surface area contributed by atoms with Gasteiger partial charge < -0.3 is 5.11 Å². The van der Waals surface area contributed by atoms with E-state index >= 15 is 0 Å². The molecule has 1 aromatic carbocycles. The molecule has 1 N–H and O–H groups in total. The first-order chi connectivity index (χ1) is 9.63. The van der Waals surface area contributed by atoms with Gasteiger partial charge in [0.25, 0.3) is 0 Å². The Morgan fingerprint density at radius 3 is 2.45 bits per heavy atom. The number of hydrogen-bond acceptors (Lipinski definition) is 1. The molecule has 0 spiro atoms. The largest absolute Gasteiger partial charge is 0.507 e. The van der Waals surface area contributed by atoms with Crippen LogP contribution in [0.3, 0.4) is 0 Å². The third-order valence-corrected chi connectivity index (χ3v) is 4.71. The van der Waals surface area contributed by atoms with Crippen molar-refractivity contribution < 1.29 is 5.11 Å². The van der Waals surface area contributed by atoms with E-state index in [0.29, 0.717) is 17.6 Å². The number of unbranched alkanes of at least 4 members (excludes halogenated alkanes) is 1. The summed E-state index contributed by atoms with van der Waals surface area (Å²) >= 11 is 0. The molecule has 20 heavy (non-hydrogen) atoms. The number of benzene rings is 1. The number of hydrogen-bond donors (Lipinski definition) is 1. The molecule has 0 bridgehead atoms. The highest BCUT2D eigenvalue weighted by atomic mass is 16.3. The highest BCUT2D eigenvalue weighted by molar-refractivity contribution is 5.47. The molecule has 2 rings (SSSR count). The molecule has 0 radical (unpaired) electrons. The van der Waals surface area contributed by atoms with Crippen LogP contribution in [0.1, 0.15) is 94.2 Å². The Hall–Kier alpha value is -0.980. The van der Waals surface area contributed by atoms with Gasteiger partial charge in [-0.25, -0.2) is 0 Å². The fraction of sp³-hybridized carbons (Fsp3) is 0.684. The maximum Gasteiger partial charge on any atom is 0.122 e. The predicted octanol–water partition coefficient (Wildman–Crippen LogP) is 5.91. The average Bonchev–Trinajstić information content (AvgIpc) is 2.46. The molecule has 0 aliphatic heterocycles. The van der Waals surface area contributed by atoms with Crippen LogP contribution in [0, 0.1) is 0 Å². The molecule has 1 aliphatic carbocycles. The van der Waals surface area contributed by atoms with Crippen LogP contribution in [-0.4, -0.2) is 5.11 Å². The zero-order chi connectivity index (χ0) is 14.5. The molecule has 0 heterocycles. The van der Waals surface area contributed by atoms with Gasteiger partial charge in [0.2, 0.25) is 0 Å². The van der Waals surface area contributed by atoms with E-state index in [1.165, 1.54) is 56.1 Å². The van der Waals surface area contributed by atoms with Crippen LogP contribution in [-0.2, 0) is 6.42 Å². The van der Waals surface area contributed by atoms with Crippen LogP contribution in [0.2, 0.25) is 0 Å². The van der Waals surface area contributed by atoms with E-state index in [9.17, 15) is 5.11 Å². The van der Waals surface area contributed by atoms with E-state index in [1.54, 1.807) is 0 Å². The third kappa shape index (κ3) is 3.56. The van der Waals surface area contributed by atoms with Crippen molar-refractivity contribution in [3.8, 4) is 5.75 Å². The summed E-state index contributed by atoms with van der Waals surface area (Å²) in [4.78, 5) is 0. The van der Waals surface area contributed by atoms with Gasteiger partial charge in [-0.1, -0.05) is 58.6 Å².